The predicted molar refractivity (Wildman–Crippen MR) is 53.3 cm³/mol. The Bertz CT molecular complexity index is 348. The predicted octanol–water partition coefficient (Wildman–Crippen LogP) is 2.45. The van der Waals surface area contributed by atoms with E-state index in [0.29, 0.717) is 16.8 Å². The highest BCUT2D eigenvalue weighted by atomic mass is 19.4. The van der Waals surface area contributed by atoms with Crippen LogP contribution in [0.4, 0.5) is 18.9 Å². The molecule has 0 fully saturated rings. The first-order valence-electron chi connectivity index (χ1n) is 4.42. The van der Waals surface area contributed by atoms with E-state index in [9.17, 15) is 13.2 Å². The molecule has 1 aromatic carbocycles. The molecule has 15 heavy (non-hydrogen) atoms. The zero-order chi connectivity index (χ0) is 11.8. The second-order valence-corrected chi connectivity index (χ2v) is 3.59. The highest BCUT2D eigenvalue weighted by Gasteiger charge is 2.38. The van der Waals surface area contributed by atoms with Gasteiger partial charge in [0.1, 0.15) is 6.04 Å². The van der Waals surface area contributed by atoms with E-state index in [1.165, 1.54) is 12.1 Å². The van der Waals surface area contributed by atoms with Crippen LogP contribution >= 0.6 is 0 Å². The smallest absolute Gasteiger partial charge is 0.398 e. The fourth-order valence-electron chi connectivity index (χ4n) is 1.38. The maximum absolute atomic E-state index is 12.3. The summed E-state index contributed by atoms with van der Waals surface area (Å²) >= 11 is 0. The van der Waals surface area contributed by atoms with E-state index in [0.717, 1.165) is 0 Å². The van der Waals surface area contributed by atoms with Crippen LogP contribution in [0.25, 0.3) is 0 Å². The third-order valence-electron chi connectivity index (χ3n) is 2.33. The maximum Gasteiger partial charge on any atom is 0.407 e. The summed E-state index contributed by atoms with van der Waals surface area (Å²) in [5, 5.41) is 0. The molecule has 0 saturated heterocycles. The van der Waals surface area contributed by atoms with Crippen molar-refractivity contribution < 1.29 is 13.2 Å². The lowest BCUT2D eigenvalue weighted by Gasteiger charge is -2.18. The van der Waals surface area contributed by atoms with Crippen molar-refractivity contribution in [1.29, 1.82) is 0 Å². The van der Waals surface area contributed by atoms with Crippen LogP contribution in [0.3, 0.4) is 0 Å². The van der Waals surface area contributed by atoms with Crippen molar-refractivity contribution in [2.45, 2.75) is 26.1 Å². The topological polar surface area (TPSA) is 52.0 Å². The third kappa shape index (κ3) is 2.41. The van der Waals surface area contributed by atoms with Crippen molar-refractivity contribution in [2.24, 2.45) is 5.73 Å². The summed E-state index contributed by atoms with van der Waals surface area (Å²) in [4.78, 5) is 0. The van der Waals surface area contributed by atoms with Crippen molar-refractivity contribution in [3.8, 4) is 0 Å². The molecule has 0 aliphatic carbocycles. The molecular weight excluding hydrogens is 205 g/mol. The van der Waals surface area contributed by atoms with Gasteiger partial charge in [-0.15, -0.1) is 0 Å². The van der Waals surface area contributed by atoms with Gasteiger partial charge in [-0.25, -0.2) is 0 Å². The summed E-state index contributed by atoms with van der Waals surface area (Å²) in [7, 11) is 0. The summed E-state index contributed by atoms with van der Waals surface area (Å²) in [6.07, 6.45) is -4.42. The SMILES string of the molecule is Cc1cc([C@H](N)C(F)(F)F)cc(C)c1N. The number of hydrogen-bond acceptors (Lipinski definition) is 2. The third-order valence-corrected chi connectivity index (χ3v) is 2.33. The molecule has 2 nitrogen and oxygen atoms in total. The molecule has 1 atom stereocenters. The lowest BCUT2D eigenvalue weighted by atomic mass is 10.00. The second-order valence-electron chi connectivity index (χ2n) is 3.59. The summed E-state index contributed by atoms with van der Waals surface area (Å²) in [6.45, 7) is 3.32. The number of nitrogen functional groups attached to an aromatic ring is 1. The number of alkyl halides is 3. The minimum Gasteiger partial charge on any atom is -0.398 e. The van der Waals surface area contributed by atoms with Gasteiger partial charge in [0, 0.05) is 5.69 Å². The van der Waals surface area contributed by atoms with E-state index < -0.39 is 12.2 Å². The number of aryl methyl sites for hydroxylation is 2. The van der Waals surface area contributed by atoms with Gasteiger partial charge in [0.05, 0.1) is 0 Å². The number of benzene rings is 1. The Kier molecular flexibility index (Phi) is 2.95. The van der Waals surface area contributed by atoms with E-state index in [-0.39, 0.29) is 5.56 Å². The molecule has 0 aromatic heterocycles. The molecule has 0 saturated carbocycles. The first kappa shape index (κ1) is 11.8. The monoisotopic (exact) mass is 218 g/mol. The molecule has 0 aliphatic rings. The van der Waals surface area contributed by atoms with Crippen LogP contribution in [0.5, 0.6) is 0 Å². The summed E-state index contributed by atoms with van der Waals surface area (Å²) < 4.78 is 37.0. The molecule has 0 spiro atoms. The highest BCUT2D eigenvalue weighted by molar-refractivity contribution is 5.54. The Morgan fingerprint density at radius 3 is 1.87 bits per heavy atom. The number of rotatable bonds is 1. The first-order valence-corrected chi connectivity index (χ1v) is 4.42. The number of halogens is 3. The zero-order valence-corrected chi connectivity index (χ0v) is 8.52. The van der Waals surface area contributed by atoms with Gasteiger partial charge in [0.15, 0.2) is 0 Å². The van der Waals surface area contributed by atoms with Gasteiger partial charge < -0.3 is 11.5 Å². The van der Waals surface area contributed by atoms with Gasteiger partial charge in [-0.2, -0.15) is 13.2 Å². The van der Waals surface area contributed by atoms with E-state index >= 15 is 0 Å². The number of hydrogen-bond donors (Lipinski definition) is 2. The Hall–Kier alpha value is -1.23. The summed E-state index contributed by atoms with van der Waals surface area (Å²) in [5.41, 5.74) is 12.5. The van der Waals surface area contributed by atoms with Crippen molar-refractivity contribution in [2.75, 3.05) is 5.73 Å². The molecule has 1 aromatic rings. The van der Waals surface area contributed by atoms with E-state index in [1.54, 1.807) is 13.8 Å². The number of anilines is 1. The quantitative estimate of drug-likeness (QED) is 0.711. The van der Waals surface area contributed by atoms with E-state index in [4.69, 9.17) is 11.5 Å². The molecule has 5 heteroatoms. The van der Waals surface area contributed by atoms with Crippen molar-refractivity contribution >= 4 is 5.69 Å². The average Bonchev–Trinajstić information content (AvgIpc) is 2.10. The molecule has 84 valence electrons. The standard InChI is InChI=1S/C10H13F3N2/c1-5-3-7(4-6(2)8(5)14)9(15)10(11,12)13/h3-4,9H,14-15H2,1-2H3/t9-/m0/s1. The van der Waals surface area contributed by atoms with E-state index in [1.807, 2.05) is 0 Å². The van der Waals surface area contributed by atoms with Gasteiger partial charge in [-0.3, -0.25) is 0 Å². The fraction of sp³-hybridized carbons (Fsp3) is 0.400. The Balaban J connectivity index is 3.17. The van der Waals surface area contributed by atoms with Gasteiger partial charge in [0.2, 0.25) is 0 Å². The molecule has 0 bridgehead atoms. The minimum atomic E-state index is -4.42. The van der Waals surface area contributed by atoms with Crippen molar-refractivity contribution in [3.63, 3.8) is 0 Å². The fourth-order valence-corrected chi connectivity index (χ4v) is 1.38. The molecule has 4 N–H and O–H groups in total. The largest absolute Gasteiger partial charge is 0.407 e. The van der Waals surface area contributed by atoms with Crippen LogP contribution < -0.4 is 11.5 Å². The Morgan fingerprint density at radius 2 is 1.53 bits per heavy atom. The Labute approximate surface area is 86.1 Å². The van der Waals surface area contributed by atoms with Crippen LogP contribution in [0, 0.1) is 13.8 Å². The number of nitrogens with two attached hydrogens (primary N) is 2. The van der Waals surface area contributed by atoms with Crippen LogP contribution in [0.15, 0.2) is 12.1 Å². The van der Waals surface area contributed by atoms with Gasteiger partial charge in [0.25, 0.3) is 0 Å². The lowest BCUT2D eigenvalue weighted by Crippen LogP contribution is -2.28. The molecule has 0 unspecified atom stereocenters. The summed E-state index contributed by atoms with van der Waals surface area (Å²) in [6, 6.07) is 0.802. The molecule has 0 radical (unpaired) electrons. The van der Waals surface area contributed by atoms with Crippen molar-refractivity contribution in [1.82, 2.24) is 0 Å². The van der Waals surface area contributed by atoms with Crippen LogP contribution in [-0.2, 0) is 0 Å². The van der Waals surface area contributed by atoms with Gasteiger partial charge in [-0.1, -0.05) is 12.1 Å². The Morgan fingerprint density at radius 1 is 1.13 bits per heavy atom. The first-order chi connectivity index (χ1) is 6.73. The minimum absolute atomic E-state index is 0.0479. The molecule has 0 heterocycles. The van der Waals surface area contributed by atoms with E-state index in [2.05, 4.69) is 0 Å². The molecular formula is C10H13F3N2. The van der Waals surface area contributed by atoms with Gasteiger partial charge >= 0.3 is 6.18 Å². The van der Waals surface area contributed by atoms with Crippen LogP contribution in [0.1, 0.15) is 22.7 Å². The normalized spacial score (nSPS) is 14.0. The summed E-state index contributed by atoms with van der Waals surface area (Å²) in [5.74, 6) is 0. The lowest BCUT2D eigenvalue weighted by molar-refractivity contribution is -0.149. The van der Waals surface area contributed by atoms with Crippen LogP contribution in [-0.4, -0.2) is 6.18 Å². The highest BCUT2D eigenvalue weighted by Crippen LogP contribution is 2.32. The second kappa shape index (κ2) is 3.73. The van der Waals surface area contributed by atoms with Crippen LogP contribution in [0.2, 0.25) is 0 Å². The zero-order valence-electron chi connectivity index (χ0n) is 8.52. The molecule has 0 amide bonds. The van der Waals surface area contributed by atoms with Crippen molar-refractivity contribution in [3.05, 3.63) is 28.8 Å². The van der Waals surface area contributed by atoms with Gasteiger partial charge in [-0.05, 0) is 30.5 Å². The molecule has 0 aliphatic heterocycles. The average molecular weight is 218 g/mol. The molecule has 1 rings (SSSR count). The maximum atomic E-state index is 12.3.